The number of hydrogen-bond acceptors (Lipinski definition) is 6. The van der Waals surface area contributed by atoms with Crippen LogP contribution in [-0.2, 0) is 26.7 Å². The van der Waals surface area contributed by atoms with Crippen molar-refractivity contribution < 1.29 is 18.0 Å². The minimum atomic E-state index is -4.13. The number of anilines is 1. The van der Waals surface area contributed by atoms with Crippen molar-refractivity contribution in [1.29, 1.82) is 0 Å². The molecule has 0 spiro atoms. The lowest BCUT2D eigenvalue weighted by atomic mass is 10.0. The van der Waals surface area contributed by atoms with Gasteiger partial charge >= 0.3 is 0 Å². The number of sulfonamides is 1. The summed E-state index contributed by atoms with van der Waals surface area (Å²) in [5, 5.41) is 5.98. The fourth-order valence-corrected chi connectivity index (χ4v) is 4.19. The third-order valence-electron chi connectivity index (χ3n) is 3.57. The maximum Gasteiger partial charge on any atom is 0.250 e. The highest BCUT2D eigenvalue weighted by molar-refractivity contribution is 7.89. The second kappa shape index (κ2) is 4.53. The molecule has 2 rings (SSSR count). The first kappa shape index (κ1) is 15.4. The van der Waals surface area contributed by atoms with Gasteiger partial charge in [0.2, 0.25) is 21.8 Å². The van der Waals surface area contributed by atoms with E-state index in [-0.39, 0.29) is 10.7 Å². The van der Waals surface area contributed by atoms with E-state index in [1.54, 1.807) is 14.0 Å². The maximum atomic E-state index is 12.8. The van der Waals surface area contributed by atoms with E-state index in [1.165, 1.54) is 18.5 Å². The summed E-state index contributed by atoms with van der Waals surface area (Å²) >= 11 is 0. The van der Waals surface area contributed by atoms with Gasteiger partial charge in [-0.2, -0.15) is 9.40 Å². The quantitative estimate of drug-likeness (QED) is 0.655. The third kappa shape index (κ3) is 2.20. The molecule has 0 unspecified atom stereocenters. The summed E-state index contributed by atoms with van der Waals surface area (Å²) in [6.07, 6.45) is 0. The Balaban J connectivity index is 2.62. The van der Waals surface area contributed by atoms with E-state index in [2.05, 4.69) is 10.4 Å². The lowest BCUT2D eigenvalue weighted by Gasteiger charge is -2.38. The van der Waals surface area contributed by atoms with Crippen LogP contribution in [0.2, 0.25) is 0 Å². The fourth-order valence-electron chi connectivity index (χ4n) is 2.19. The zero-order chi connectivity index (χ0) is 16.2. The zero-order valence-corrected chi connectivity index (χ0v) is 13.0. The van der Waals surface area contributed by atoms with E-state index < -0.39 is 33.9 Å². The van der Waals surface area contributed by atoms with Crippen LogP contribution in [0.15, 0.2) is 4.90 Å². The van der Waals surface area contributed by atoms with Crippen molar-refractivity contribution in [2.75, 3.05) is 12.3 Å². The molecule has 1 aromatic rings. The highest BCUT2D eigenvalue weighted by Gasteiger charge is 2.49. The number of nitrogens with one attached hydrogen (secondary N) is 1. The summed E-state index contributed by atoms with van der Waals surface area (Å²) < 4.78 is 27.8. The van der Waals surface area contributed by atoms with Crippen LogP contribution in [0.5, 0.6) is 0 Å². The maximum absolute atomic E-state index is 12.8. The summed E-state index contributed by atoms with van der Waals surface area (Å²) in [6.45, 7) is 3.95. The number of nitrogens with two attached hydrogens (primary N) is 1. The van der Waals surface area contributed by atoms with E-state index in [1.807, 2.05) is 0 Å². The Morgan fingerprint density at radius 3 is 2.38 bits per heavy atom. The number of aryl methyl sites for hydroxylation is 1. The van der Waals surface area contributed by atoms with Gasteiger partial charge in [0.1, 0.15) is 10.4 Å². The molecule has 10 heteroatoms. The van der Waals surface area contributed by atoms with Crippen LogP contribution < -0.4 is 11.1 Å². The van der Waals surface area contributed by atoms with Gasteiger partial charge in [-0.05, 0) is 20.8 Å². The van der Waals surface area contributed by atoms with Crippen LogP contribution >= 0.6 is 0 Å². The van der Waals surface area contributed by atoms with Crippen LogP contribution in [0, 0.1) is 6.92 Å². The van der Waals surface area contributed by atoms with Crippen molar-refractivity contribution in [3.05, 3.63) is 5.69 Å². The number of carbonyl (C=O) groups excluding carboxylic acids is 2. The summed E-state index contributed by atoms with van der Waals surface area (Å²) in [7, 11) is -2.57. The average molecular weight is 315 g/mol. The summed E-state index contributed by atoms with van der Waals surface area (Å²) in [6, 6.07) is 0. The van der Waals surface area contributed by atoms with Crippen molar-refractivity contribution in [1.82, 2.24) is 19.4 Å². The molecule has 0 aromatic carbocycles. The Bertz CT molecular complexity index is 734. The molecule has 21 heavy (non-hydrogen) atoms. The Kier molecular flexibility index (Phi) is 3.33. The molecule has 0 bridgehead atoms. The summed E-state index contributed by atoms with van der Waals surface area (Å²) in [5.74, 6) is -1.52. The smallest absolute Gasteiger partial charge is 0.250 e. The predicted molar refractivity (Wildman–Crippen MR) is 73.5 cm³/mol. The van der Waals surface area contributed by atoms with Gasteiger partial charge in [-0.15, -0.1) is 0 Å². The van der Waals surface area contributed by atoms with Gasteiger partial charge in [0.25, 0.3) is 0 Å². The van der Waals surface area contributed by atoms with Crippen LogP contribution in [0.4, 0.5) is 5.82 Å². The van der Waals surface area contributed by atoms with E-state index in [0.717, 1.165) is 4.31 Å². The topological polar surface area (TPSA) is 127 Å². The van der Waals surface area contributed by atoms with E-state index in [0.29, 0.717) is 5.69 Å². The zero-order valence-electron chi connectivity index (χ0n) is 12.2. The first-order valence-corrected chi connectivity index (χ1v) is 7.59. The molecule has 1 aliphatic rings. The van der Waals surface area contributed by atoms with E-state index in [9.17, 15) is 18.0 Å². The largest absolute Gasteiger partial charge is 0.381 e. The standard InChI is InChI=1S/C11H17N5O4S/c1-6-8(9(12)14-15(6)4)21(19,20)16-5-7(17)13-10(18)11(16,2)3/h5H2,1-4H3,(H2,12,14)(H,13,17,18). The number of nitrogens with zero attached hydrogens (tertiary/aromatic N) is 3. The highest BCUT2D eigenvalue weighted by atomic mass is 32.2. The van der Waals surface area contributed by atoms with E-state index in [4.69, 9.17) is 5.73 Å². The monoisotopic (exact) mass is 315 g/mol. The SMILES string of the molecule is Cc1c(S(=O)(=O)N2CC(=O)NC(=O)C2(C)C)c(N)nn1C. The Morgan fingerprint density at radius 2 is 1.90 bits per heavy atom. The van der Waals surface area contributed by atoms with Gasteiger partial charge in [0.15, 0.2) is 5.82 Å². The number of rotatable bonds is 2. The molecule has 0 radical (unpaired) electrons. The number of amides is 2. The molecular weight excluding hydrogens is 298 g/mol. The van der Waals surface area contributed by atoms with Crippen molar-refractivity contribution in [3.8, 4) is 0 Å². The number of piperazine rings is 1. The highest BCUT2D eigenvalue weighted by Crippen LogP contribution is 2.31. The molecule has 2 amide bonds. The molecule has 0 aliphatic carbocycles. The molecule has 3 N–H and O–H groups in total. The van der Waals surface area contributed by atoms with Crippen LogP contribution in [0.3, 0.4) is 0 Å². The van der Waals surface area contributed by atoms with Crippen LogP contribution in [-0.4, -0.2) is 46.4 Å². The van der Waals surface area contributed by atoms with Gasteiger partial charge in [0.05, 0.1) is 12.2 Å². The Hall–Kier alpha value is -1.94. The lowest BCUT2D eigenvalue weighted by Crippen LogP contribution is -2.65. The predicted octanol–water partition coefficient (Wildman–Crippen LogP) is -1.26. The molecular formula is C11H17N5O4S. The fraction of sp³-hybridized carbons (Fsp3) is 0.545. The van der Waals surface area contributed by atoms with E-state index >= 15 is 0 Å². The molecule has 1 aliphatic heterocycles. The van der Waals surface area contributed by atoms with Crippen molar-refractivity contribution in [2.45, 2.75) is 31.2 Å². The first-order valence-electron chi connectivity index (χ1n) is 6.15. The summed E-state index contributed by atoms with van der Waals surface area (Å²) in [5.41, 5.74) is 4.60. The minimum absolute atomic E-state index is 0.163. The Labute approximate surface area is 122 Å². The Morgan fingerprint density at radius 1 is 1.33 bits per heavy atom. The molecule has 0 saturated carbocycles. The number of aromatic nitrogens is 2. The number of hydrogen-bond donors (Lipinski definition) is 2. The van der Waals surface area contributed by atoms with Gasteiger partial charge < -0.3 is 5.73 Å². The molecule has 1 aromatic heterocycles. The van der Waals surface area contributed by atoms with Gasteiger partial charge in [-0.25, -0.2) is 8.42 Å². The van der Waals surface area contributed by atoms with Crippen LogP contribution in [0.1, 0.15) is 19.5 Å². The molecule has 9 nitrogen and oxygen atoms in total. The number of nitrogen functional groups attached to an aromatic ring is 1. The van der Waals surface area contributed by atoms with Gasteiger partial charge in [-0.3, -0.25) is 19.6 Å². The summed E-state index contributed by atoms with van der Waals surface area (Å²) in [4.78, 5) is 23.3. The molecule has 116 valence electrons. The molecule has 1 fully saturated rings. The number of carbonyl (C=O) groups is 2. The van der Waals surface area contributed by atoms with Gasteiger partial charge in [0, 0.05) is 7.05 Å². The van der Waals surface area contributed by atoms with Crippen molar-refractivity contribution in [2.24, 2.45) is 7.05 Å². The second-order valence-corrected chi connectivity index (χ2v) is 7.17. The van der Waals surface area contributed by atoms with Crippen molar-refractivity contribution in [3.63, 3.8) is 0 Å². The minimum Gasteiger partial charge on any atom is -0.381 e. The molecule has 0 atom stereocenters. The van der Waals surface area contributed by atoms with Crippen LogP contribution in [0.25, 0.3) is 0 Å². The lowest BCUT2D eigenvalue weighted by molar-refractivity contribution is -0.141. The normalized spacial score (nSPS) is 19.6. The first-order chi connectivity index (χ1) is 9.49. The molecule has 2 heterocycles. The second-order valence-electron chi connectivity index (χ2n) is 5.37. The molecule has 1 saturated heterocycles. The number of imide groups is 1. The average Bonchev–Trinajstić information content (AvgIpc) is 2.58. The van der Waals surface area contributed by atoms with Gasteiger partial charge in [-0.1, -0.05) is 0 Å². The third-order valence-corrected chi connectivity index (χ3v) is 5.76. The van der Waals surface area contributed by atoms with Crippen molar-refractivity contribution >= 4 is 27.7 Å².